The number of benzene rings is 1. The van der Waals surface area contributed by atoms with E-state index in [2.05, 4.69) is 30.9 Å². The van der Waals surface area contributed by atoms with E-state index in [1.165, 1.54) is 12.1 Å². The summed E-state index contributed by atoms with van der Waals surface area (Å²) in [6.45, 7) is 6.36. The second kappa shape index (κ2) is 5.66. The van der Waals surface area contributed by atoms with E-state index in [0.717, 1.165) is 0 Å². The molecule has 0 amide bonds. The zero-order chi connectivity index (χ0) is 14.8. The van der Waals surface area contributed by atoms with Gasteiger partial charge in [-0.05, 0) is 18.2 Å². The largest absolute Gasteiger partial charge is 0.478 e. The summed E-state index contributed by atoms with van der Waals surface area (Å²) in [7, 11) is 0. The molecule has 0 fully saturated rings. The standard InChI is InChI=1S/C14H16N2O3S/c1-14(2,3)20-8-11-15-12(19-16-11)9-5-4-6-10(7-9)13(17)18/h4-7H,8H2,1-3H3,(H,17,18). The average molecular weight is 292 g/mol. The van der Waals surface area contributed by atoms with Crippen LogP contribution in [0, 0.1) is 0 Å². The maximum absolute atomic E-state index is 10.9. The Labute approximate surface area is 121 Å². The topological polar surface area (TPSA) is 76.2 Å². The van der Waals surface area contributed by atoms with Crippen molar-refractivity contribution in [1.82, 2.24) is 10.1 Å². The van der Waals surface area contributed by atoms with Crippen LogP contribution in [0.2, 0.25) is 0 Å². The lowest BCUT2D eigenvalue weighted by Gasteiger charge is -2.15. The number of thioether (sulfide) groups is 1. The van der Waals surface area contributed by atoms with Crippen molar-refractivity contribution in [2.75, 3.05) is 0 Å². The molecule has 1 heterocycles. The normalized spacial score (nSPS) is 11.6. The van der Waals surface area contributed by atoms with Crippen LogP contribution in [0.4, 0.5) is 0 Å². The first-order chi connectivity index (χ1) is 9.35. The van der Waals surface area contributed by atoms with Crippen LogP contribution < -0.4 is 0 Å². The third-order valence-electron chi connectivity index (χ3n) is 2.46. The fourth-order valence-electron chi connectivity index (χ4n) is 1.50. The van der Waals surface area contributed by atoms with Gasteiger partial charge >= 0.3 is 5.97 Å². The van der Waals surface area contributed by atoms with Crippen molar-refractivity contribution in [2.24, 2.45) is 0 Å². The van der Waals surface area contributed by atoms with Crippen LogP contribution in [0.5, 0.6) is 0 Å². The number of hydrogen-bond acceptors (Lipinski definition) is 5. The van der Waals surface area contributed by atoms with Gasteiger partial charge in [0.15, 0.2) is 5.82 Å². The smallest absolute Gasteiger partial charge is 0.335 e. The molecule has 1 N–H and O–H groups in total. The zero-order valence-electron chi connectivity index (χ0n) is 11.6. The highest BCUT2D eigenvalue weighted by Crippen LogP contribution is 2.27. The molecule has 1 aromatic carbocycles. The fraction of sp³-hybridized carbons (Fsp3) is 0.357. The number of aromatic nitrogens is 2. The highest BCUT2D eigenvalue weighted by atomic mass is 32.2. The van der Waals surface area contributed by atoms with Crippen LogP contribution in [0.1, 0.15) is 37.0 Å². The molecule has 0 aliphatic heterocycles. The van der Waals surface area contributed by atoms with Gasteiger partial charge in [-0.15, -0.1) is 11.8 Å². The lowest BCUT2D eigenvalue weighted by Crippen LogP contribution is -2.07. The van der Waals surface area contributed by atoms with E-state index in [0.29, 0.717) is 23.0 Å². The first-order valence-electron chi connectivity index (χ1n) is 6.15. The second-order valence-electron chi connectivity index (χ2n) is 5.30. The SMILES string of the molecule is CC(C)(C)SCc1noc(-c2cccc(C(=O)O)c2)n1. The van der Waals surface area contributed by atoms with Crippen LogP contribution in [0.25, 0.3) is 11.5 Å². The van der Waals surface area contributed by atoms with E-state index in [1.54, 1.807) is 23.9 Å². The summed E-state index contributed by atoms with van der Waals surface area (Å²) in [5.74, 6) is 0.638. The van der Waals surface area contributed by atoms with Gasteiger partial charge in [0.25, 0.3) is 5.89 Å². The number of nitrogens with zero attached hydrogens (tertiary/aromatic N) is 2. The minimum atomic E-state index is -0.977. The van der Waals surface area contributed by atoms with E-state index in [4.69, 9.17) is 9.63 Å². The summed E-state index contributed by atoms with van der Waals surface area (Å²) in [5, 5.41) is 12.9. The first-order valence-corrected chi connectivity index (χ1v) is 7.14. The van der Waals surface area contributed by atoms with E-state index < -0.39 is 5.97 Å². The molecule has 106 valence electrons. The number of carboxylic acids is 1. The predicted molar refractivity (Wildman–Crippen MR) is 77.7 cm³/mol. The predicted octanol–water partition coefficient (Wildman–Crippen LogP) is 3.47. The fourth-order valence-corrected chi connectivity index (χ4v) is 2.18. The van der Waals surface area contributed by atoms with Gasteiger partial charge in [0.1, 0.15) is 0 Å². The Balaban J connectivity index is 2.16. The summed E-state index contributed by atoms with van der Waals surface area (Å²) >= 11 is 1.72. The number of aromatic carboxylic acids is 1. The van der Waals surface area contributed by atoms with E-state index in [-0.39, 0.29) is 10.3 Å². The van der Waals surface area contributed by atoms with Gasteiger partial charge in [-0.25, -0.2) is 4.79 Å². The summed E-state index contributed by atoms with van der Waals surface area (Å²) in [6.07, 6.45) is 0. The van der Waals surface area contributed by atoms with Gasteiger partial charge in [-0.3, -0.25) is 0 Å². The van der Waals surface area contributed by atoms with Crippen molar-refractivity contribution >= 4 is 17.7 Å². The molecule has 0 unspecified atom stereocenters. The molecule has 2 rings (SSSR count). The van der Waals surface area contributed by atoms with Gasteiger partial charge in [0.05, 0.1) is 11.3 Å². The highest BCUT2D eigenvalue weighted by molar-refractivity contribution is 7.99. The van der Waals surface area contributed by atoms with Crippen molar-refractivity contribution in [3.8, 4) is 11.5 Å². The molecule has 0 saturated heterocycles. The molecule has 1 aromatic heterocycles. The van der Waals surface area contributed by atoms with Gasteiger partial charge in [-0.2, -0.15) is 4.98 Å². The van der Waals surface area contributed by atoms with Crippen LogP contribution in [-0.2, 0) is 5.75 Å². The van der Waals surface area contributed by atoms with Crippen LogP contribution in [-0.4, -0.2) is 26.0 Å². The molecule has 0 saturated carbocycles. The second-order valence-corrected chi connectivity index (χ2v) is 7.10. The Hall–Kier alpha value is -1.82. The van der Waals surface area contributed by atoms with Gasteiger partial charge in [0, 0.05) is 10.3 Å². The quantitative estimate of drug-likeness (QED) is 0.930. The molecular formula is C14H16N2O3S. The summed E-state index contributed by atoms with van der Waals surface area (Å²) in [5.41, 5.74) is 0.815. The van der Waals surface area contributed by atoms with Crippen LogP contribution in [0.15, 0.2) is 28.8 Å². The lowest BCUT2D eigenvalue weighted by molar-refractivity contribution is 0.0697. The Morgan fingerprint density at radius 1 is 1.40 bits per heavy atom. The third kappa shape index (κ3) is 3.84. The van der Waals surface area contributed by atoms with Crippen LogP contribution in [0.3, 0.4) is 0 Å². The number of carbonyl (C=O) groups is 1. The Kier molecular flexibility index (Phi) is 4.13. The van der Waals surface area contributed by atoms with E-state index >= 15 is 0 Å². The molecule has 0 aliphatic rings. The summed E-state index contributed by atoms with van der Waals surface area (Å²) < 4.78 is 5.31. The van der Waals surface area contributed by atoms with Gasteiger partial charge < -0.3 is 9.63 Å². The maximum atomic E-state index is 10.9. The molecule has 2 aromatic rings. The number of carboxylic acid groups (broad SMARTS) is 1. The first kappa shape index (κ1) is 14.6. The highest BCUT2D eigenvalue weighted by Gasteiger charge is 2.15. The van der Waals surface area contributed by atoms with Crippen molar-refractivity contribution in [3.05, 3.63) is 35.7 Å². The molecule has 0 spiro atoms. The lowest BCUT2D eigenvalue weighted by atomic mass is 10.1. The van der Waals surface area contributed by atoms with Crippen molar-refractivity contribution in [1.29, 1.82) is 0 Å². The van der Waals surface area contributed by atoms with Crippen molar-refractivity contribution in [2.45, 2.75) is 31.3 Å². The molecule has 0 aliphatic carbocycles. The Morgan fingerprint density at radius 2 is 2.15 bits per heavy atom. The molecular weight excluding hydrogens is 276 g/mol. The number of rotatable bonds is 4. The summed E-state index contributed by atoms with van der Waals surface area (Å²) in [4.78, 5) is 15.2. The molecule has 5 nitrogen and oxygen atoms in total. The molecule has 0 radical (unpaired) electrons. The van der Waals surface area contributed by atoms with Gasteiger partial charge in [0.2, 0.25) is 0 Å². The monoisotopic (exact) mass is 292 g/mol. The molecule has 0 atom stereocenters. The zero-order valence-corrected chi connectivity index (χ0v) is 12.4. The maximum Gasteiger partial charge on any atom is 0.335 e. The minimum absolute atomic E-state index is 0.129. The van der Waals surface area contributed by atoms with E-state index in [1.807, 2.05) is 0 Å². The number of hydrogen-bond donors (Lipinski definition) is 1. The third-order valence-corrected chi connectivity index (χ3v) is 3.73. The van der Waals surface area contributed by atoms with Crippen molar-refractivity contribution in [3.63, 3.8) is 0 Å². The van der Waals surface area contributed by atoms with Gasteiger partial charge in [-0.1, -0.05) is 32.0 Å². The molecule has 20 heavy (non-hydrogen) atoms. The molecule has 6 heteroatoms. The minimum Gasteiger partial charge on any atom is -0.478 e. The van der Waals surface area contributed by atoms with Crippen LogP contribution >= 0.6 is 11.8 Å². The van der Waals surface area contributed by atoms with E-state index in [9.17, 15) is 4.79 Å². The Morgan fingerprint density at radius 3 is 2.80 bits per heavy atom. The van der Waals surface area contributed by atoms with Crippen molar-refractivity contribution < 1.29 is 14.4 Å². The summed E-state index contributed by atoms with van der Waals surface area (Å²) in [6, 6.07) is 6.46. The Bertz CT molecular complexity index is 617. The molecule has 0 bridgehead atoms. The average Bonchev–Trinajstić information content (AvgIpc) is 2.84.